The maximum absolute atomic E-state index is 13.1. The van der Waals surface area contributed by atoms with E-state index in [1.807, 2.05) is 0 Å². The Morgan fingerprint density at radius 1 is 1.44 bits per heavy atom. The molecule has 1 aliphatic rings. The maximum Gasteiger partial charge on any atom is 0.404 e. The molecule has 18 heavy (non-hydrogen) atoms. The predicted octanol–water partition coefficient (Wildman–Crippen LogP) is 0.461. The number of hydrogen-bond donors (Lipinski definition) is 2. The molecule has 0 bridgehead atoms. The lowest BCUT2D eigenvalue weighted by Gasteiger charge is -2.34. The number of likely N-dealkylation sites (N-methyl/N-ethyl adjacent to an activating group) is 1. The molecule has 0 aromatic rings. The van der Waals surface area contributed by atoms with Crippen molar-refractivity contribution in [2.75, 3.05) is 26.2 Å². The molecule has 2 N–H and O–H groups in total. The van der Waals surface area contributed by atoms with Gasteiger partial charge in [-0.2, -0.15) is 13.2 Å². The van der Waals surface area contributed by atoms with Gasteiger partial charge in [0.2, 0.25) is 5.91 Å². The highest BCUT2D eigenvalue weighted by Crippen LogP contribution is 2.44. The van der Waals surface area contributed by atoms with Crippen LogP contribution < -0.4 is 5.32 Å². The zero-order chi connectivity index (χ0) is 14.0. The molecule has 0 aliphatic carbocycles. The minimum Gasteiger partial charge on any atom is -0.480 e. The highest BCUT2D eigenvalue weighted by molar-refractivity contribution is 5.87. The molecule has 8 heteroatoms. The second kappa shape index (κ2) is 5.13. The van der Waals surface area contributed by atoms with Crippen molar-refractivity contribution in [3.63, 3.8) is 0 Å². The van der Waals surface area contributed by atoms with E-state index in [4.69, 9.17) is 5.11 Å². The van der Waals surface area contributed by atoms with Gasteiger partial charge < -0.3 is 15.3 Å². The molecule has 0 saturated carbocycles. The van der Waals surface area contributed by atoms with E-state index in [9.17, 15) is 22.8 Å². The van der Waals surface area contributed by atoms with Gasteiger partial charge in [-0.05, 0) is 19.9 Å². The molecule has 1 heterocycles. The van der Waals surface area contributed by atoms with Gasteiger partial charge in [0, 0.05) is 13.1 Å². The number of nitrogens with zero attached hydrogens (tertiary/aromatic N) is 1. The first kappa shape index (κ1) is 14.7. The number of aliphatic carboxylic acids is 1. The molecule has 104 valence electrons. The molecule has 1 aliphatic heterocycles. The van der Waals surface area contributed by atoms with Crippen molar-refractivity contribution in [3.8, 4) is 0 Å². The average Bonchev–Trinajstić information content (AvgIpc) is 2.74. The zero-order valence-electron chi connectivity index (χ0n) is 9.88. The van der Waals surface area contributed by atoms with E-state index in [-0.39, 0.29) is 19.5 Å². The molecule has 1 amide bonds. The van der Waals surface area contributed by atoms with Gasteiger partial charge in [0.1, 0.15) is 6.54 Å². The Hall–Kier alpha value is -1.31. The first-order chi connectivity index (χ1) is 8.24. The fourth-order valence-corrected chi connectivity index (χ4v) is 2.03. The summed E-state index contributed by atoms with van der Waals surface area (Å²) in [5.74, 6) is -2.49. The van der Waals surface area contributed by atoms with Crippen molar-refractivity contribution in [1.82, 2.24) is 10.2 Å². The van der Waals surface area contributed by atoms with E-state index in [1.54, 1.807) is 0 Å². The number of carboxylic acids is 1. The number of carbonyl (C=O) groups excluding carboxylic acids is 1. The lowest BCUT2D eigenvalue weighted by Crippen LogP contribution is -2.54. The van der Waals surface area contributed by atoms with Crippen LogP contribution in [0.1, 0.15) is 13.3 Å². The van der Waals surface area contributed by atoms with Gasteiger partial charge >= 0.3 is 12.1 Å². The van der Waals surface area contributed by atoms with Crippen molar-refractivity contribution in [1.29, 1.82) is 0 Å². The smallest absolute Gasteiger partial charge is 0.404 e. The van der Waals surface area contributed by atoms with E-state index in [0.29, 0.717) is 0 Å². The van der Waals surface area contributed by atoms with Gasteiger partial charge in [0.15, 0.2) is 5.41 Å². The molecular formula is C10H15F3N2O3. The molecule has 0 spiro atoms. The largest absolute Gasteiger partial charge is 0.480 e. The lowest BCUT2D eigenvalue weighted by molar-refractivity contribution is -0.222. The second-order valence-electron chi connectivity index (χ2n) is 4.22. The van der Waals surface area contributed by atoms with Crippen LogP contribution in [0.25, 0.3) is 0 Å². The average molecular weight is 268 g/mol. The number of halogens is 3. The quantitative estimate of drug-likeness (QED) is 0.777. The van der Waals surface area contributed by atoms with Crippen molar-refractivity contribution < 1.29 is 27.9 Å². The molecule has 1 fully saturated rings. The highest BCUT2D eigenvalue weighted by atomic mass is 19.4. The van der Waals surface area contributed by atoms with Crippen LogP contribution >= 0.6 is 0 Å². The number of hydrogen-bond acceptors (Lipinski definition) is 3. The topological polar surface area (TPSA) is 69.6 Å². The van der Waals surface area contributed by atoms with Crippen LogP contribution in [0.15, 0.2) is 0 Å². The monoisotopic (exact) mass is 268 g/mol. The van der Waals surface area contributed by atoms with Gasteiger partial charge in [0.05, 0.1) is 0 Å². The first-order valence-electron chi connectivity index (χ1n) is 5.53. The first-order valence-corrected chi connectivity index (χ1v) is 5.53. The number of alkyl halides is 3. The summed E-state index contributed by atoms with van der Waals surface area (Å²) in [6.07, 6.45) is -5.04. The Morgan fingerprint density at radius 3 is 2.39 bits per heavy atom. The molecule has 1 rings (SSSR count). The summed E-state index contributed by atoms with van der Waals surface area (Å²) in [6.45, 7) is 0.269. The van der Waals surface area contributed by atoms with Gasteiger partial charge in [-0.15, -0.1) is 0 Å². The van der Waals surface area contributed by atoms with Crippen molar-refractivity contribution >= 4 is 11.9 Å². The fourth-order valence-electron chi connectivity index (χ4n) is 2.03. The lowest BCUT2D eigenvalue weighted by atomic mass is 9.84. The molecule has 1 unspecified atom stereocenters. The Bertz CT molecular complexity index is 338. The third-order valence-electron chi connectivity index (χ3n) is 3.10. The number of rotatable bonds is 4. The van der Waals surface area contributed by atoms with E-state index in [0.717, 1.165) is 4.90 Å². The summed E-state index contributed by atoms with van der Waals surface area (Å²) < 4.78 is 39.2. The van der Waals surface area contributed by atoms with Gasteiger partial charge in [-0.1, -0.05) is 0 Å². The molecule has 5 nitrogen and oxygen atoms in total. The van der Waals surface area contributed by atoms with E-state index >= 15 is 0 Å². The number of amides is 1. The standard InChI is InChI=1S/C10H15F3N2O3/c1-2-15(5-7(16)17)8(18)9(10(11,12)13)3-4-14-6-9/h14H,2-6H2,1H3,(H,16,17). The fraction of sp³-hybridized carbons (Fsp3) is 0.800. The van der Waals surface area contributed by atoms with Crippen LogP contribution in [-0.2, 0) is 9.59 Å². The van der Waals surface area contributed by atoms with Gasteiger partial charge in [-0.3, -0.25) is 9.59 Å². The summed E-state index contributed by atoms with van der Waals surface area (Å²) in [5, 5.41) is 11.1. The van der Waals surface area contributed by atoms with Crippen LogP contribution in [-0.4, -0.2) is 54.2 Å². The summed E-state index contributed by atoms with van der Waals surface area (Å²) >= 11 is 0. The molecular weight excluding hydrogens is 253 g/mol. The Labute approximate surface area is 102 Å². The normalized spacial score (nSPS) is 24.0. The van der Waals surface area contributed by atoms with E-state index in [2.05, 4.69) is 5.32 Å². The van der Waals surface area contributed by atoms with Crippen LogP contribution in [0, 0.1) is 5.41 Å². The minimum atomic E-state index is -4.68. The van der Waals surface area contributed by atoms with Crippen LogP contribution in [0.3, 0.4) is 0 Å². The zero-order valence-corrected chi connectivity index (χ0v) is 9.88. The molecule has 0 aromatic heterocycles. The highest BCUT2D eigenvalue weighted by Gasteiger charge is 2.62. The predicted molar refractivity (Wildman–Crippen MR) is 55.9 cm³/mol. The Kier molecular flexibility index (Phi) is 4.20. The third kappa shape index (κ3) is 2.58. The number of nitrogens with one attached hydrogen (secondary N) is 1. The molecule has 1 atom stereocenters. The minimum absolute atomic E-state index is 0.0665. The Balaban J connectivity index is 2.99. The second-order valence-corrected chi connectivity index (χ2v) is 4.22. The SMILES string of the molecule is CCN(CC(=O)O)C(=O)C1(C(F)(F)F)CCNC1. The van der Waals surface area contributed by atoms with Crippen molar-refractivity contribution in [2.45, 2.75) is 19.5 Å². The number of carboxylic acid groups (broad SMARTS) is 1. The molecule has 0 aromatic carbocycles. The van der Waals surface area contributed by atoms with Crippen molar-refractivity contribution in [2.24, 2.45) is 5.41 Å². The van der Waals surface area contributed by atoms with Crippen LogP contribution in [0.4, 0.5) is 13.2 Å². The van der Waals surface area contributed by atoms with Gasteiger partial charge in [-0.25, -0.2) is 0 Å². The summed E-state index contributed by atoms with van der Waals surface area (Å²) in [4.78, 5) is 23.3. The summed E-state index contributed by atoms with van der Waals surface area (Å²) in [6, 6.07) is 0. The summed E-state index contributed by atoms with van der Waals surface area (Å²) in [5.41, 5.74) is -2.49. The Morgan fingerprint density at radius 2 is 2.06 bits per heavy atom. The van der Waals surface area contributed by atoms with Crippen LogP contribution in [0.5, 0.6) is 0 Å². The van der Waals surface area contributed by atoms with E-state index < -0.39 is 36.6 Å². The molecule has 0 radical (unpaired) electrons. The maximum atomic E-state index is 13.1. The van der Waals surface area contributed by atoms with Crippen molar-refractivity contribution in [3.05, 3.63) is 0 Å². The number of carbonyl (C=O) groups is 2. The summed E-state index contributed by atoms with van der Waals surface area (Å²) in [7, 11) is 0. The third-order valence-corrected chi connectivity index (χ3v) is 3.10. The van der Waals surface area contributed by atoms with Gasteiger partial charge in [0.25, 0.3) is 0 Å². The van der Waals surface area contributed by atoms with Crippen LogP contribution in [0.2, 0.25) is 0 Å². The van der Waals surface area contributed by atoms with E-state index in [1.165, 1.54) is 6.92 Å². The molecule has 1 saturated heterocycles.